The predicted molar refractivity (Wildman–Crippen MR) is 102 cm³/mol. The minimum absolute atomic E-state index is 0. The molecule has 0 aliphatic heterocycles. The molecule has 0 radical (unpaired) electrons. The topological polar surface area (TPSA) is 12.5 Å². The molecule has 23 heavy (non-hydrogen) atoms. The van der Waals surface area contributed by atoms with E-state index in [2.05, 4.69) is 59.2 Å². The highest BCUT2D eigenvalue weighted by molar-refractivity contribution is 9.10. The molecule has 3 rings (SSSR count). The summed E-state index contributed by atoms with van der Waals surface area (Å²) in [7, 11) is 4.33. The molecule has 2 atom stereocenters. The van der Waals surface area contributed by atoms with Crippen molar-refractivity contribution in [1.29, 1.82) is 0 Å². The van der Waals surface area contributed by atoms with Gasteiger partial charge in [0.15, 0.2) is 0 Å². The van der Waals surface area contributed by atoms with Gasteiger partial charge in [0.1, 0.15) is 11.9 Å². The van der Waals surface area contributed by atoms with Crippen LogP contribution in [-0.4, -0.2) is 25.0 Å². The molecule has 2 aromatic rings. The molecule has 2 aromatic carbocycles. The van der Waals surface area contributed by atoms with Crippen LogP contribution in [0.25, 0.3) is 0 Å². The minimum atomic E-state index is 0. The number of benzene rings is 2. The zero-order valence-electron chi connectivity index (χ0n) is 13.5. The lowest BCUT2D eigenvalue weighted by molar-refractivity contribution is 0.147. The molecule has 0 bridgehead atoms. The SMILES string of the molecule is CN(C)[C@@H]1CCc2ccccc2[C@H](Oc2ccc(Br)cc2)C1.Cl. The van der Waals surface area contributed by atoms with Gasteiger partial charge in [-0.25, -0.2) is 0 Å². The summed E-state index contributed by atoms with van der Waals surface area (Å²) in [5, 5.41) is 0. The normalized spacial score (nSPS) is 20.3. The summed E-state index contributed by atoms with van der Waals surface area (Å²) in [6, 6.07) is 17.4. The van der Waals surface area contributed by atoms with Crippen LogP contribution in [0.15, 0.2) is 53.0 Å². The summed E-state index contributed by atoms with van der Waals surface area (Å²) in [6.07, 6.45) is 3.45. The molecule has 0 saturated heterocycles. The van der Waals surface area contributed by atoms with Crippen LogP contribution in [0.3, 0.4) is 0 Å². The molecule has 0 saturated carbocycles. The summed E-state index contributed by atoms with van der Waals surface area (Å²) in [4.78, 5) is 2.32. The zero-order chi connectivity index (χ0) is 15.5. The fraction of sp³-hybridized carbons (Fsp3) is 0.368. The van der Waals surface area contributed by atoms with Gasteiger partial charge in [-0.15, -0.1) is 12.4 Å². The number of hydrogen-bond donors (Lipinski definition) is 0. The molecule has 1 aliphatic carbocycles. The van der Waals surface area contributed by atoms with Gasteiger partial charge >= 0.3 is 0 Å². The Morgan fingerprint density at radius 3 is 2.43 bits per heavy atom. The van der Waals surface area contributed by atoms with Crippen LogP contribution in [-0.2, 0) is 6.42 Å². The molecule has 0 heterocycles. The van der Waals surface area contributed by atoms with Crippen molar-refractivity contribution in [1.82, 2.24) is 4.90 Å². The minimum Gasteiger partial charge on any atom is -0.486 e. The van der Waals surface area contributed by atoms with Gasteiger partial charge < -0.3 is 9.64 Å². The van der Waals surface area contributed by atoms with Gasteiger partial charge in [-0.2, -0.15) is 0 Å². The second-order valence-corrected chi connectivity index (χ2v) is 7.07. The average Bonchev–Trinajstić information content (AvgIpc) is 2.70. The Balaban J connectivity index is 0.00000192. The molecule has 0 spiro atoms. The fourth-order valence-electron chi connectivity index (χ4n) is 3.15. The Kier molecular flexibility index (Phi) is 6.51. The maximum atomic E-state index is 6.35. The first-order valence-electron chi connectivity index (χ1n) is 7.80. The van der Waals surface area contributed by atoms with Gasteiger partial charge in [-0.1, -0.05) is 40.2 Å². The van der Waals surface area contributed by atoms with E-state index in [1.165, 1.54) is 17.5 Å². The van der Waals surface area contributed by atoms with Crippen LogP contribution in [0.2, 0.25) is 0 Å². The highest BCUT2D eigenvalue weighted by Gasteiger charge is 2.26. The van der Waals surface area contributed by atoms with Crippen LogP contribution in [0.5, 0.6) is 5.75 Å². The van der Waals surface area contributed by atoms with Crippen molar-refractivity contribution in [3.8, 4) is 5.75 Å². The van der Waals surface area contributed by atoms with E-state index in [9.17, 15) is 0 Å². The molecule has 0 N–H and O–H groups in total. The standard InChI is InChI=1S/C19H22BrNO.ClH/c1-21(2)16-10-7-14-5-3-4-6-18(14)19(13-16)22-17-11-8-15(20)9-12-17;/h3-6,8-9,11-12,16,19H,7,10,13H2,1-2H3;1H/t16-,19-;/m1./s1. The number of nitrogens with zero attached hydrogens (tertiary/aromatic N) is 1. The lowest BCUT2D eigenvalue weighted by Crippen LogP contribution is -2.30. The van der Waals surface area contributed by atoms with Gasteiger partial charge in [0.05, 0.1) is 0 Å². The van der Waals surface area contributed by atoms with Gasteiger partial charge in [-0.3, -0.25) is 0 Å². The van der Waals surface area contributed by atoms with Crippen LogP contribution in [0, 0.1) is 0 Å². The maximum absolute atomic E-state index is 6.35. The Morgan fingerprint density at radius 1 is 1.04 bits per heavy atom. The third-order valence-electron chi connectivity index (χ3n) is 4.46. The van der Waals surface area contributed by atoms with Crippen molar-refractivity contribution in [2.45, 2.75) is 31.4 Å². The van der Waals surface area contributed by atoms with E-state index in [0.29, 0.717) is 6.04 Å². The van der Waals surface area contributed by atoms with Gasteiger partial charge in [0, 0.05) is 16.9 Å². The number of halogens is 2. The maximum Gasteiger partial charge on any atom is 0.125 e. The third kappa shape index (κ3) is 4.50. The number of fused-ring (bicyclic) bond motifs is 1. The van der Waals surface area contributed by atoms with E-state index in [1.807, 2.05) is 24.3 Å². The second kappa shape index (κ2) is 8.18. The van der Waals surface area contributed by atoms with E-state index in [-0.39, 0.29) is 18.5 Å². The Labute approximate surface area is 153 Å². The molecule has 1 aliphatic rings. The van der Waals surface area contributed by atoms with E-state index < -0.39 is 0 Å². The highest BCUT2D eigenvalue weighted by Crippen LogP contribution is 2.34. The van der Waals surface area contributed by atoms with Crippen molar-refractivity contribution in [3.63, 3.8) is 0 Å². The number of aryl methyl sites for hydroxylation is 1. The number of rotatable bonds is 3. The van der Waals surface area contributed by atoms with E-state index in [4.69, 9.17) is 4.74 Å². The Hall–Kier alpha value is -1.03. The zero-order valence-corrected chi connectivity index (χ0v) is 15.9. The van der Waals surface area contributed by atoms with Crippen LogP contribution in [0.4, 0.5) is 0 Å². The summed E-state index contributed by atoms with van der Waals surface area (Å²) >= 11 is 3.48. The molecule has 0 amide bonds. The van der Waals surface area contributed by atoms with Gasteiger partial charge in [0.2, 0.25) is 0 Å². The fourth-order valence-corrected chi connectivity index (χ4v) is 3.41. The molecule has 4 heteroatoms. The van der Waals surface area contributed by atoms with Crippen molar-refractivity contribution in [3.05, 3.63) is 64.1 Å². The first kappa shape index (κ1) is 18.3. The van der Waals surface area contributed by atoms with Crippen LogP contribution >= 0.6 is 28.3 Å². The number of ether oxygens (including phenoxy) is 1. The summed E-state index contributed by atoms with van der Waals surface area (Å²) in [5.74, 6) is 0.933. The first-order chi connectivity index (χ1) is 10.6. The first-order valence-corrected chi connectivity index (χ1v) is 8.59. The van der Waals surface area contributed by atoms with Crippen molar-refractivity contribution in [2.24, 2.45) is 0 Å². The highest BCUT2D eigenvalue weighted by atomic mass is 79.9. The monoisotopic (exact) mass is 395 g/mol. The van der Waals surface area contributed by atoms with Crippen LogP contribution < -0.4 is 4.74 Å². The lowest BCUT2D eigenvalue weighted by Gasteiger charge is -2.27. The number of hydrogen-bond acceptors (Lipinski definition) is 2. The van der Waals surface area contributed by atoms with E-state index in [1.54, 1.807) is 0 Å². The predicted octanol–water partition coefficient (Wildman–Crippen LogP) is 5.26. The van der Waals surface area contributed by atoms with Gasteiger partial charge in [-0.05, 0) is 62.3 Å². The molecule has 2 nitrogen and oxygen atoms in total. The van der Waals surface area contributed by atoms with Crippen LogP contribution in [0.1, 0.15) is 30.1 Å². The molecular weight excluding hydrogens is 374 g/mol. The van der Waals surface area contributed by atoms with Gasteiger partial charge in [0.25, 0.3) is 0 Å². The lowest BCUT2D eigenvalue weighted by atomic mass is 10.0. The second-order valence-electron chi connectivity index (χ2n) is 6.15. The molecular formula is C19H23BrClNO. The summed E-state index contributed by atoms with van der Waals surface area (Å²) in [5.41, 5.74) is 2.77. The molecule has 0 unspecified atom stereocenters. The van der Waals surface area contributed by atoms with Crippen molar-refractivity contribution >= 4 is 28.3 Å². The average molecular weight is 397 g/mol. The molecule has 124 valence electrons. The third-order valence-corrected chi connectivity index (χ3v) is 4.99. The van der Waals surface area contributed by atoms with Crippen molar-refractivity contribution in [2.75, 3.05) is 14.1 Å². The van der Waals surface area contributed by atoms with Crippen molar-refractivity contribution < 1.29 is 4.74 Å². The Morgan fingerprint density at radius 2 is 1.74 bits per heavy atom. The van der Waals surface area contributed by atoms with E-state index in [0.717, 1.165) is 23.1 Å². The quantitative estimate of drug-likeness (QED) is 0.656. The molecule has 0 fully saturated rings. The smallest absolute Gasteiger partial charge is 0.125 e. The largest absolute Gasteiger partial charge is 0.486 e. The Bertz CT molecular complexity index is 630. The summed E-state index contributed by atoms with van der Waals surface area (Å²) < 4.78 is 7.43. The summed E-state index contributed by atoms with van der Waals surface area (Å²) in [6.45, 7) is 0. The van der Waals surface area contributed by atoms with E-state index >= 15 is 0 Å². The molecule has 0 aromatic heterocycles.